The van der Waals surface area contributed by atoms with Gasteiger partial charge in [-0.3, -0.25) is 0 Å². The Balaban J connectivity index is 2.59. The molecular weight excluding hydrogens is 224 g/mol. The molecule has 5 nitrogen and oxygen atoms in total. The third-order valence-corrected chi connectivity index (χ3v) is 3.01. The molecule has 16 heavy (non-hydrogen) atoms. The maximum Gasteiger partial charge on any atom is 0.157 e. The molecule has 0 aliphatic rings. The molecule has 0 spiro atoms. The first kappa shape index (κ1) is 12.7. The van der Waals surface area contributed by atoms with Crippen molar-refractivity contribution in [2.24, 2.45) is 0 Å². The summed E-state index contributed by atoms with van der Waals surface area (Å²) in [6.07, 6.45) is 0.218. The summed E-state index contributed by atoms with van der Waals surface area (Å²) in [6.45, 7) is 5.32. The predicted molar refractivity (Wildman–Crippen MR) is 65.6 cm³/mol. The summed E-state index contributed by atoms with van der Waals surface area (Å²) in [5.74, 6) is 0.305. The van der Waals surface area contributed by atoms with Crippen LogP contribution in [-0.2, 0) is 4.74 Å². The summed E-state index contributed by atoms with van der Waals surface area (Å²) in [7, 11) is 1.90. The summed E-state index contributed by atoms with van der Waals surface area (Å²) in [6, 6.07) is 2.06. The molecule has 0 atom stereocenters. The van der Waals surface area contributed by atoms with Gasteiger partial charge in [0.2, 0.25) is 0 Å². The summed E-state index contributed by atoms with van der Waals surface area (Å²) in [5, 5.41) is 9.73. The topological polar surface area (TPSA) is 75.2 Å². The van der Waals surface area contributed by atoms with Crippen LogP contribution in [0.5, 0.6) is 0 Å². The second-order valence-electron chi connectivity index (χ2n) is 3.70. The van der Waals surface area contributed by atoms with Crippen LogP contribution in [0.25, 0.3) is 0 Å². The monoisotopic (exact) mass is 240 g/mol. The third kappa shape index (κ3) is 3.08. The van der Waals surface area contributed by atoms with E-state index in [1.54, 1.807) is 0 Å². The van der Waals surface area contributed by atoms with E-state index in [0.29, 0.717) is 24.5 Å². The Hall–Kier alpha value is -1.32. The van der Waals surface area contributed by atoms with Crippen molar-refractivity contribution in [2.45, 2.75) is 20.0 Å². The lowest BCUT2D eigenvalue weighted by molar-refractivity contribution is 0.0846. The predicted octanol–water partition coefficient (Wildman–Crippen LogP) is 1.46. The van der Waals surface area contributed by atoms with Crippen molar-refractivity contribution in [2.75, 3.05) is 30.8 Å². The number of nitrogen functional groups attached to an aromatic ring is 1. The van der Waals surface area contributed by atoms with E-state index in [4.69, 9.17) is 15.7 Å². The number of anilines is 2. The van der Waals surface area contributed by atoms with Gasteiger partial charge in [-0.05, 0) is 25.4 Å². The van der Waals surface area contributed by atoms with Gasteiger partial charge in [-0.25, -0.2) is 0 Å². The quantitative estimate of drug-likeness (QED) is 0.843. The highest BCUT2D eigenvalue weighted by Gasteiger charge is 2.14. The normalized spacial score (nSPS) is 10.4. The molecule has 0 unspecified atom stereocenters. The van der Waals surface area contributed by atoms with E-state index in [1.807, 2.05) is 25.8 Å². The Morgan fingerprint density at radius 2 is 2.31 bits per heavy atom. The molecule has 0 aliphatic carbocycles. The number of likely N-dealkylation sites (N-methyl/N-ethyl adjacent to an activating group) is 1. The largest absolute Gasteiger partial charge is 0.382 e. The number of nitrogens with two attached hydrogens (primary N) is 1. The molecule has 0 saturated carbocycles. The fourth-order valence-corrected chi connectivity index (χ4v) is 1.93. The van der Waals surface area contributed by atoms with E-state index in [1.165, 1.54) is 11.5 Å². The molecule has 1 aromatic heterocycles. The third-order valence-electron chi connectivity index (χ3n) is 2.04. The first-order valence-electron chi connectivity index (χ1n) is 5.04. The first-order valence-corrected chi connectivity index (χ1v) is 5.81. The first-order chi connectivity index (χ1) is 7.56. The van der Waals surface area contributed by atoms with Gasteiger partial charge in [0.25, 0.3) is 0 Å². The molecule has 0 fully saturated rings. The lowest BCUT2D eigenvalue weighted by Crippen LogP contribution is -2.23. The number of aromatic nitrogens is 1. The van der Waals surface area contributed by atoms with Crippen molar-refractivity contribution in [3.63, 3.8) is 0 Å². The van der Waals surface area contributed by atoms with E-state index in [2.05, 4.69) is 10.4 Å². The summed E-state index contributed by atoms with van der Waals surface area (Å²) < 4.78 is 9.41. The van der Waals surface area contributed by atoms with Gasteiger partial charge < -0.3 is 15.4 Å². The molecule has 88 valence electrons. The fraction of sp³-hybridized carbons (Fsp3) is 0.600. The van der Waals surface area contributed by atoms with Gasteiger partial charge in [0.1, 0.15) is 16.6 Å². The zero-order valence-corrected chi connectivity index (χ0v) is 10.5. The Morgan fingerprint density at radius 3 is 2.88 bits per heavy atom. The minimum absolute atomic E-state index is 0.218. The van der Waals surface area contributed by atoms with E-state index in [-0.39, 0.29) is 6.10 Å². The van der Waals surface area contributed by atoms with Crippen molar-refractivity contribution in [1.82, 2.24) is 4.37 Å². The summed E-state index contributed by atoms with van der Waals surface area (Å²) in [5.41, 5.74) is 6.04. The number of nitriles is 1. The van der Waals surface area contributed by atoms with Crippen LogP contribution in [0.4, 0.5) is 10.8 Å². The minimum atomic E-state index is 0.218. The molecular formula is C10H16N4OS. The molecule has 0 amide bonds. The molecule has 0 bridgehead atoms. The number of rotatable bonds is 5. The van der Waals surface area contributed by atoms with Gasteiger partial charge in [0.05, 0.1) is 12.7 Å². The van der Waals surface area contributed by atoms with Gasteiger partial charge in [-0.2, -0.15) is 9.64 Å². The van der Waals surface area contributed by atoms with Crippen LogP contribution in [-0.4, -0.2) is 30.7 Å². The zero-order chi connectivity index (χ0) is 12.1. The van der Waals surface area contributed by atoms with Gasteiger partial charge in [-0.15, -0.1) is 0 Å². The van der Waals surface area contributed by atoms with Crippen molar-refractivity contribution in [1.29, 1.82) is 5.26 Å². The summed E-state index contributed by atoms with van der Waals surface area (Å²) in [4.78, 5) is 1.94. The Labute approximate surface area is 99.6 Å². The van der Waals surface area contributed by atoms with E-state index < -0.39 is 0 Å². The molecule has 1 heterocycles. The zero-order valence-electron chi connectivity index (χ0n) is 9.73. The highest BCUT2D eigenvalue weighted by atomic mass is 32.1. The second-order valence-corrected chi connectivity index (χ2v) is 4.45. The Bertz CT molecular complexity index is 383. The average Bonchev–Trinajstić information content (AvgIpc) is 2.58. The van der Waals surface area contributed by atoms with Gasteiger partial charge in [0.15, 0.2) is 5.82 Å². The van der Waals surface area contributed by atoms with Gasteiger partial charge >= 0.3 is 0 Å². The van der Waals surface area contributed by atoms with Crippen LogP contribution >= 0.6 is 11.5 Å². The van der Waals surface area contributed by atoms with Crippen molar-refractivity contribution >= 4 is 22.4 Å². The SMILES string of the molecule is CC(C)OCCN(C)c1snc(N)c1C#N. The van der Waals surface area contributed by atoms with Crippen LogP contribution < -0.4 is 10.6 Å². The van der Waals surface area contributed by atoms with Crippen LogP contribution in [0, 0.1) is 11.3 Å². The molecule has 0 aromatic carbocycles. The number of hydrogen-bond donors (Lipinski definition) is 1. The lowest BCUT2D eigenvalue weighted by atomic mass is 10.3. The smallest absolute Gasteiger partial charge is 0.157 e. The van der Waals surface area contributed by atoms with Crippen LogP contribution in [0.2, 0.25) is 0 Å². The fourth-order valence-electron chi connectivity index (χ4n) is 1.19. The molecule has 0 saturated heterocycles. The summed E-state index contributed by atoms with van der Waals surface area (Å²) >= 11 is 1.24. The highest BCUT2D eigenvalue weighted by molar-refractivity contribution is 7.10. The van der Waals surface area contributed by atoms with Gasteiger partial charge in [0, 0.05) is 13.6 Å². The standard InChI is InChI=1S/C10H16N4OS/c1-7(2)15-5-4-14(3)10-8(6-11)9(12)13-16-10/h7H,4-5H2,1-3H3,(H2,12,13). The van der Waals surface area contributed by atoms with Crippen molar-refractivity contribution < 1.29 is 4.74 Å². The molecule has 1 aromatic rings. The Kier molecular flexibility index (Phi) is 4.52. The molecule has 0 aliphatic heterocycles. The number of hydrogen-bond acceptors (Lipinski definition) is 6. The molecule has 2 N–H and O–H groups in total. The molecule has 1 rings (SSSR count). The van der Waals surface area contributed by atoms with Crippen molar-refractivity contribution in [3.8, 4) is 6.07 Å². The number of ether oxygens (including phenoxy) is 1. The van der Waals surface area contributed by atoms with Crippen LogP contribution in [0.15, 0.2) is 0 Å². The average molecular weight is 240 g/mol. The van der Waals surface area contributed by atoms with Crippen LogP contribution in [0.1, 0.15) is 19.4 Å². The number of nitrogens with zero attached hydrogens (tertiary/aromatic N) is 3. The van der Waals surface area contributed by atoms with Crippen molar-refractivity contribution in [3.05, 3.63) is 5.56 Å². The lowest BCUT2D eigenvalue weighted by Gasteiger charge is -2.17. The highest BCUT2D eigenvalue weighted by Crippen LogP contribution is 2.28. The van der Waals surface area contributed by atoms with Gasteiger partial charge in [-0.1, -0.05) is 0 Å². The van der Waals surface area contributed by atoms with E-state index >= 15 is 0 Å². The Morgan fingerprint density at radius 1 is 1.62 bits per heavy atom. The molecule has 0 radical (unpaired) electrons. The van der Waals surface area contributed by atoms with E-state index in [0.717, 1.165) is 5.00 Å². The minimum Gasteiger partial charge on any atom is -0.382 e. The molecule has 6 heteroatoms. The maximum atomic E-state index is 8.93. The maximum absolute atomic E-state index is 8.93. The van der Waals surface area contributed by atoms with Crippen LogP contribution in [0.3, 0.4) is 0 Å². The van der Waals surface area contributed by atoms with E-state index in [9.17, 15) is 0 Å². The second kappa shape index (κ2) is 5.68.